The van der Waals surface area contributed by atoms with Crippen LogP contribution in [0.15, 0.2) is 385 Å². The molecule has 0 saturated heterocycles. The van der Waals surface area contributed by atoms with Gasteiger partial charge in [0.25, 0.3) is 0 Å². The van der Waals surface area contributed by atoms with Crippen molar-refractivity contribution in [3.8, 4) is 89.0 Å². The van der Waals surface area contributed by atoms with Gasteiger partial charge in [0.15, 0.2) is 0 Å². The van der Waals surface area contributed by atoms with Gasteiger partial charge in [-0.05, 0) is 283 Å². The molecule has 0 spiro atoms. The number of fused-ring (bicyclic) bond motifs is 12. The van der Waals surface area contributed by atoms with Crippen LogP contribution >= 0.6 is 47.0 Å². The molecule has 0 atom stereocenters. The smallest absolute Gasteiger partial charge is 0.0911 e. The number of benzene rings is 18. The van der Waals surface area contributed by atoms with Gasteiger partial charge in [-0.3, -0.25) is 0 Å². The molecule has 0 amide bonds. The minimum atomic E-state index is -0.0114. The largest absolute Gasteiger partial charge is 0.247 e. The summed E-state index contributed by atoms with van der Waals surface area (Å²) in [5.41, 5.74) is 35.7. The van der Waals surface area contributed by atoms with Crippen molar-refractivity contribution in [2.45, 2.75) is 170 Å². The van der Waals surface area contributed by atoms with Crippen molar-refractivity contribution in [1.29, 1.82) is 0 Å². The first kappa shape index (κ1) is 81.6. The summed E-state index contributed by atoms with van der Waals surface area (Å²) in [5.74, 6) is 0. The first-order chi connectivity index (χ1) is 60.6. The monoisotopic (exact) mass is 1690 g/mol. The predicted octanol–water partition coefficient (Wildman–Crippen LogP) is 30.7. The minimum absolute atomic E-state index is 0.0114. The zero-order valence-corrected chi connectivity index (χ0v) is 78.0. The van der Waals surface area contributed by atoms with Crippen LogP contribution in [0.5, 0.6) is 0 Å². The van der Waals surface area contributed by atoms with E-state index in [1.165, 1.54) is 232 Å². The second-order valence-electron chi connectivity index (χ2n) is 40.3. The van der Waals surface area contributed by atoms with Crippen LogP contribution in [0, 0.1) is 0 Å². The van der Waals surface area contributed by atoms with Crippen LogP contribution in [-0.2, 0) is 27.1 Å². The average molecular weight is 1690 g/mol. The normalized spacial score (nSPS) is 13.4. The maximum Gasteiger partial charge on any atom is 0.247 e. The quantitative estimate of drug-likeness (QED) is 0.110. The Labute approximate surface area is 762 Å². The summed E-state index contributed by atoms with van der Waals surface area (Å²) in [6.07, 6.45) is 0. The number of rotatable bonds is 8. The lowest BCUT2D eigenvalue weighted by Crippen LogP contribution is -2.58. The molecule has 0 fully saturated rings. The van der Waals surface area contributed by atoms with Crippen molar-refractivity contribution in [2.24, 2.45) is 0 Å². The van der Waals surface area contributed by atoms with Gasteiger partial charge in [-0.2, -0.15) is 0 Å². The Hall–Kier alpha value is -11.5. The molecule has 4 aliphatic heterocycles. The summed E-state index contributed by atoms with van der Waals surface area (Å²) in [5, 5.41) is 10.2. The van der Waals surface area contributed by atoms with Crippen molar-refractivity contribution in [3.63, 3.8) is 0 Å². The van der Waals surface area contributed by atoms with Gasteiger partial charge in [0.2, 0.25) is 13.4 Å². The predicted molar refractivity (Wildman–Crippen MR) is 551 cm³/mol. The van der Waals surface area contributed by atoms with Crippen molar-refractivity contribution in [3.05, 3.63) is 374 Å². The van der Waals surface area contributed by atoms with E-state index in [0.29, 0.717) is 0 Å². The van der Waals surface area contributed by atoms with E-state index < -0.39 is 0 Å². The first-order valence-electron chi connectivity index (χ1n) is 44.7. The Morgan fingerprint density at radius 1 is 0.159 bits per heavy atom. The molecule has 18 aromatic carbocycles. The molecule has 0 aromatic heterocycles. The lowest BCUT2D eigenvalue weighted by molar-refractivity contribution is 0.569. The molecule has 612 valence electrons. The molecular weight excluding hydrogens is 1590 g/mol. The molecule has 4 aliphatic rings. The highest BCUT2D eigenvalue weighted by Gasteiger charge is 2.42. The van der Waals surface area contributed by atoms with E-state index in [4.69, 9.17) is 0 Å². The van der Waals surface area contributed by atoms with Crippen LogP contribution in [0.1, 0.15) is 132 Å². The Bertz CT molecular complexity index is 7300. The van der Waals surface area contributed by atoms with Crippen LogP contribution in [0.4, 0.5) is 0 Å². The van der Waals surface area contributed by atoms with E-state index in [9.17, 15) is 0 Å². The van der Waals surface area contributed by atoms with E-state index in [2.05, 4.69) is 450 Å². The fourth-order valence-electron chi connectivity index (χ4n) is 19.9. The van der Waals surface area contributed by atoms with Gasteiger partial charge >= 0.3 is 0 Å². The highest BCUT2D eigenvalue weighted by molar-refractivity contribution is 8.02. The van der Waals surface area contributed by atoms with Crippen molar-refractivity contribution in [2.75, 3.05) is 0 Å². The molecule has 0 nitrogen and oxygen atoms in total. The summed E-state index contributed by atoms with van der Waals surface area (Å²) in [7, 11) is 0. The van der Waals surface area contributed by atoms with Crippen LogP contribution in [0.3, 0.4) is 0 Å². The molecule has 0 saturated carbocycles. The fourth-order valence-corrected chi connectivity index (χ4v) is 24.8. The number of hydrogen-bond donors (Lipinski definition) is 0. The summed E-state index contributed by atoms with van der Waals surface area (Å²) >= 11 is 7.78. The molecule has 18 aromatic rings. The van der Waals surface area contributed by atoms with Gasteiger partial charge in [0.05, 0.1) is 0 Å². The van der Waals surface area contributed by atoms with Crippen molar-refractivity contribution >= 4 is 136 Å². The van der Waals surface area contributed by atoms with Crippen LogP contribution in [0.25, 0.3) is 132 Å². The topological polar surface area (TPSA) is 0 Å². The van der Waals surface area contributed by atoms with Crippen LogP contribution in [0.2, 0.25) is 0 Å². The van der Waals surface area contributed by atoms with E-state index in [1.807, 2.05) is 47.0 Å². The standard InChI is InChI=1S/C62H55BS2.C58H47BS2/c1-60(2,3)44-27-28-54-52(37-44)63-51-25-17-18-26-53(51)64-55-34-42(35-56(65-54)59(55)63)40-29-39(41-32-45(61(4,5)6)36-46(33-41)62(7,8)9)30-43(31-40)58-49-23-15-13-21-47(49)57(38-19-11-10-12-20-38)48-22-14-16-24-50(48)58;1-57(2,3)42-20-16-19-37(32-42)38-29-39(31-41(30-38)55-46-23-12-10-21-44(46)54(36-17-8-7-9-18-36)45-22-11-13-24-47(45)55)40-33-52-56-53(34-40)61-51-28-27-43(58(4,5)6)35-49(51)59(56)48-25-14-15-26-50(48)60-52/h10-37H,1-9H3;7-35H,1-6H3. The van der Waals surface area contributed by atoms with Gasteiger partial charge in [0, 0.05) is 39.2 Å². The zero-order chi connectivity index (χ0) is 86.6. The van der Waals surface area contributed by atoms with Gasteiger partial charge in [-0.25, -0.2) is 0 Å². The zero-order valence-electron chi connectivity index (χ0n) is 74.7. The Kier molecular flexibility index (Phi) is 20.2. The maximum atomic E-state index is 2.51. The molecule has 4 heterocycles. The minimum Gasteiger partial charge on any atom is -0.0911 e. The van der Waals surface area contributed by atoms with E-state index >= 15 is 0 Å². The molecular formula is C120H102B2S4. The highest BCUT2D eigenvalue weighted by atomic mass is 32.2. The van der Waals surface area contributed by atoms with Crippen LogP contribution in [-0.4, -0.2) is 13.4 Å². The Morgan fingerprint density at radius 3 is 0.738 bits per heavy atom. The SMILES string of the molecule is CC(C)(C)c1cc(-c2cc(-c3cc4c5c(c3)Sc3ccc(C(C)(C)C)cc3B5c3ccccc3S4)cc(-c3c4ccccc4c(-c4ccccc4)c4ccccc34)c2)cc(C(C)(C)C)c1.CC(C)(C)c1cccc(-c2cc(-c3cc4c5c(c3)Sc3ccc(C(C)(C)C)cc3B5c3ccccc3S4)cc(-c3c4ccccc4c(-c4ccccc4)c4ccccc34)c2)c1. The lowest BCUT2D eigenvalue weighted by Gasteiger charge is -2.34. The third kappa shape index (κ3) is 14.7. The second kappa shape index (κ2) is 31.2. The lowest BCUT2D eigenvalue weighted by atomic mass is 9.36. The summed E-state index contributed by atoms with van der Waals surface area (Å²) in [4.78, 5) is 10.9. The average Bonchev–Trinajstić information content (AvgIpc) is 0.727. The molecule has 0 aliphatic carbocycles. The molecule has 126 heavy (non-hydrogen) atoms. The molecule has 0 radical (unpaired) electrons. The van der Waals surface area contributed by atoms with Gasteiger partial charge in [-0.15, -0.1) is 0 Å². The second-order valence-corrected chi connectivity index (χ2v) is 44.6. The fraction of sp³-hybridized carbons (Fsp3) is 0.167. The van der Waals surface area contributed by atoms with Gasteiger partial charge in [0.1, 0.15) is 0 Å². The molecule has 0 unspecified atom stereocenters. The molecule has 0 bridgehead atoms. The molecule has 6 heteroatoms. The first-order valence-corrected chi connectivity index (χ1v) is 48.0. The van der Waals surface area contributed by atoms with Gasteiger partial charge in [-0.1, -0.05) is 434 Å². The number of hydrogen-bond acceptors (Lipinski definition) is 4. The van der Waals surface area contributed by atoms with Gasteiger partial charge < -0.3 is 0 Å². The Balaban J connectivity index is 0.000000154. The highest BCUT2D eigenvalue weighted by Crippen LogP contribution is 2.52. The summed E-state index contributed by atoms with van der Waals surface area (Å²) in [6, 6.07) is 132. The maximum absolute atomic E-state index is 2.51. The van der Waals surface area contributed by atoms with Crippen molar-refractivity contribution in [1.82, 2.24) is 0 Å². The van der Waals surface area contributed by atoms with Crippen LogP contribution < -0.4 is 32.8 Å². The summed E-state index contributed by atoms with van der Waals surface area (Å²) in [6.45, 7) is 35.3. The van der Waals surface area contributed by atoms with E-state index in [-0.39, 0.29) is 40.5 Å². The van der Waals surface area contributed by atoms with Crippen molar-refractivity contribution < 1.29 is 0 Å². The third-order valence-corrected chi connectivity index (χ3v) is 31.3. The summed E-state index contributed by atoms with van der Waals surface area (Å²) < 4.78 is 0. The van der Waals surface area contributed by atoms with E-state index in [1.54, 1.807) is 0 Å². The van der Waals surface area contributed by atoms with E-state index in [0.717, 1.165) is 0 Å². The molecule has 22 rings (SSSR count). The molecule has 0 N–H and O–H groups in total. The third-order valence-electron chi connectivity index (χ3n) is 26.7. The Morgan fingerprint density at radius 2 is 0.405 bits per heavy atom.